The first-order valence-electron chi connectivity index (χ1n) is 5.70. The molecule has 0 aliphatic carbocycles. The average molecular weight is 249 g/mol. The summed E-state index contributed by atoms with van der Waals surface area (Å²) in [4.78, 5) is 9.88. The van der Waals surface area contributed by atoms with Gasteiger partial charge in [0.2, 0.25) is 6.20 Å². The van der Waals surface area contributed by atoms with Crippen LogP contribution in [0.4, 0.5) is 0 Å². The molecule has 0 bridgehead atoms. The summed E-state index contributed by atoms with van der Waals surface area (Å²) in [6.07, 6.45) is 1.54. The second kappa shape index (κ2) is 4.88. The van der Waals surface area contributed by atoms with Gasteiger partial charge in [-0.25, -0.2) is 0 Å². The fourth-order valence-electron chi connectivity index (χ4n) is 1.99. The van der Waals surface area contributed by atoms with Crippen LogP contribution in [0, 0.1) is 10.1 Å². The van der Waals surface area contributed by atoms with E-state index in [0.29, 0.717) is 0 Å². The normalized spacial score (nSPS) is 26.6. The van der Waals surface area contributed by atoms with Gasteiger partial charge in [-0.1, -0.05) is 30.3 Å². The standard InChI is InChI=1S/C13H15NO4/c1-13(2)17-11(8-9-14(15)16)12(18-13)10-6-4-3-5-7-10/h3-9,11-12H,1-2H3/b9-8+/t11-,12-/m0/s1. The lowest BCUT2D eigenvalue weighted by Gasteiger charge is -2.16. The van der Waals surface area contributed by atoms with Crippen LogP contribution in [0.2, 0.25) is 0 Å². The molecule has 96 valence electrons. The van der Waals surface area contributed by atoms with E-state index in [-0.39, 0.29) is 6.10 Å². The zero-order valence-electron chi connectivity index (χ0n) is 10.3. The highest BCUT2D eigenvalue weighted by molar-refractivity contribution is 5.21. The van der Waals surface area contributed by atoms with E-state index in [2.05, 4.69) is 0 Å². The van der Waals surface area contributed by atoms with E-state index in [0.717, 1.165) is 11.8 Å². The van der Waals surface area contributed by atoms with E-state index in [1.165, 1.54) is 6.08 Å². The molecule has 0 N–H and O–H groups in total. The van der Waals surface area contributed by atoms with E-state index in [1.807, 2.05) is 30.3 Å². The molecular formula is C13H15NO4. The van der Waals surface area contributed by atoms with Crippen molar-refractivity contribution in [3.05, 3.63) is 58.3 Å². The summed E-state index contributed by atoms with van der Waals surface area (Å²) in [5, 5.41) is 10.4. The third-order valence-electron chi connectivity index (χ3n) is 2.65. The molecule has 1 aromatic carbocycles. The minimum absolute atomic E-state index is 0.322. The smallest absolute Gasteiger partial charge is 0.233 e. The molecule has 5 heteroatoms. The van der Waals surface area contributed by atoms with Crippen LogP contribution in [0.25, 0.3) is 0 Å². The Morgan fingerprint density at radius 1 is 1.28 bits per heavy atom. The van der Waals surface area contributed by atoms with Crippen LogP contribution in [-0.4, -0.2) is 16.8 Å². The van der Waals surface area contributed by atoms with Crippen molar-refractivity contribution in [2.45, 2.75) is 31.8 Å². The van der Waals surface area contributed by atoms with E-state index in [1.54, 1.807) is 13.8 Å². The summed E-state index contributed by atoms with van der Waals surface area (Å²) >= 11 is 0. The molecule has 0 spiro atoms. The van der Waals surface area contributed by atoms with Gasteiger partial charge >= 0.3 is 0 Å². The molecule has 1 aliphatic heterocycles. The molecule has 1 fully saturated rings. The minimum Gasteiger partial charge on any atom is -0.340 e. The molecule has 18 heavy (non-hydrogen) atoms. The number of nitro groups is 1. The Morgan fingerprint density at radius 2 is 1.94 bits per heavy atom. The molecule has 0 radical (unpaired) electrons. The Morgan fingerprint density at radius 3 is 2.56 bits per heavy atom. The van der Waals surface area contributed by atoms with Crippen molar-refractivity contribution >= 4 is 0 Å². The maximum absolute atomic E-state index is 10.4. The van der Waals surface area contributed by atoms with Gasteiger partial charge in [-0.15, -0.1) is 0 Å². The van der Waals surface area contributed by atoms with Crippen LogP contribution in [0.15, 0.2) is 42.6 Å². The summed E-state index contributed by atoms with van der Waals surface area (Å²) < 4.78 is 11.4. The summed E-state index contributed by atoms with van der Waals surface area (Å²) in [5.41, 5.74) is 0.945. The Labute approximate surface area is 105 Å². The predicted molar refractivity (Wildman–Crippen MR) is 65.4 cm³/mol. The van der Waals surface area contributed by atoms with Gasteiger partial charge in [0, 0.05) is 6.08 Å². The van der Waals surface area contributed by atoms with Crippen molar-refractivity contribution in [1.82, 2.24) is 0 Å². The molecule has 1 aromatic rings. The van der Waals surface area contributed by atoms with E-state index in [4.69, 9.17) is 9.47 Å². The Bertz CT molecular complexity index is 455. The number of rotatable bonds is 3. The molecular weight excluding hydrogens is 234 g/mol. The van der Waals surface area contributed by atoms with Gasteiger partial charge in [-0.2, -0.15) is 0 Å². The highest BCUT2D eigenvalue weighted by atomic mass is 16.7. The zero-order chi connectivity index (χ0) is 13.2. The lowest BCUT2D eigenvalue weighted by molar-refractivity contribution is -0.403. The first kappa shape index (κ1) is 12.7. The molecule has 5 nitrogen and oxygen atoms in total. The van der Waals surface area contributed by atoms with Crippen molar-refractivity contribution in [2.24, 2.45) is 0 Å². The van der Waals surface area contributed by atoms with Crippen molar-refractivity contribution in [3.8, 4) is 0 Å². The summed E-state index contributed by atoms with van der Waals surface area (Å²) in [6.45, 7) is 3.59. The Kier molecular flexibility index (Phi) is 3.45. The highest BCUT2D eigenvalue weighted by Crippen LogP contribution is 2.38. The molecule has 0 saturated carbocycles. The van der Waals surface area contributed by atoms with Crippen LogP contribution < -0.4 is 0 Å². The van der Waals surface area contributed by atoms with Gasteiger partial charge in [0.25, 0.3) is 0 Å². The lowest BCUT2D eigenvalue weighted by atomic mass is 10.0. The van der Waals surface area contributed by atoms with Gasteiger partial charge in [0.1, 0.15) is 12.2 Å². The van der Waals surface area contributed by atoms with Crippen LogP contribution in [0.1, 0.15) is 25.5 Å². The van der Waals surface area contributed by atoms with Gasteiger partial charge in [-0.05, 0) is 19.4 Å². The van der Waals surface area contributed by atoms with E-state index >= 15 is 0 Å². The van der Waals surface area contributed by atoms with Gasteiger partial charge in [-0.3, -0.25) is 10.1 Å². The second-order valence-corrected chi connectivity index (χ2v) is 4.56. The molecule has 0 amide bonds. The van der Waals surface area contributed by atoms with Crippen molar-refractivity contribution in [2.75, 3.05) is 0 Å². The third kappa shape index (κ3) is 2.94. The third-order valence-corrected chi connectivity index (χ3v) is 2.65. The average Bonchev–Trinajstić information content (AvgIpc) is 2.63. The maximum atomic E-state index is 10.4. The number of ether oxygens (including phenoxy) is 2. The molecule has 0 unspecified atom stereocenters. The van der Waals surface area contributed by atoms with Crippen molar-refractivity contribution in [1.29, 1.82) is 0 Å². The van der Waals surface area contributed by atoms with Gasteiger partial charge in [0.05, 0.1) is 4.92 Å². The second-order valence-electron chi connectivity index (χ2n) is 4.56. The van der Waals surface area contributed by atoms with Crippen LogP contribution in [-0.2, 0) is 9.47 Å². The number of hydrogen-bond donors (Lipinski definition) is 0. The molecule has 1 heterocycles. The Balaban J connectivity index is 2.23. The summed E-state index contributed by atoms with van der Waals surface area (Å²) in [7, 11) is 0. The topological polar surface area (TPSA) is 61.6 Å². The largest absolute Gasteiger partial charge is 0.340 e. The first-order chi connectivity index (χ1) is 8.48. The van der Waals surface area contributed by atoms with Crippen molar-refractivity contribution < 1.29 is 14.4 Å². The quantitative estimate of drug-likeness (QED) is 0.610. The van der Waals surface area contributed by atoms with E-state index < -0.39 is 16.8 Å². The summed E-state index contributed by atoms with van der Waals surface area (Å²) in [6, 6.07) is 9.55. The van der Waals surface area contributed by atoms with E-state index in [9.17, 15) is 10.1 Å². The van der Waals surface area contributed by atoms with Crippen LogP contribution in [0.5, 0.6) is 0 Å². The number of hydrogen-bond acceptors (Lipinski definition) is 4. The predicted octanol–water partition coefficient (Wildman–Crippen LogP) is 2.67. The summed E-state index contributed by atoms with van der Waals surface area (Å²) in [5.74, 6) is -0.744. The minimum atomic E-state index is -0.744. The first-order valence-corrected chi connectivity index (χ1v) is 5.70. The van der Waals surface area contributed by atoms with Crippen molar-refractivity contribution in [3.63, 3.8) is 0 Å². The zero-order valence-corrected chi connectivity index (χ0v) is 10.3. The molecule has 1 aliphatic rings. The number of nitrogens with zero attached hydrogens (tertiary/aromatic N) is 1. The fourth-order valence-corrected chi connectivity index (χ4v) is 1.99. The Hall–Kier alpha value is -1.72. The van der Waals surface area contributed by atoms with Crippen LogP contribution in [0.3, 0.4) is 0 Å². The molecule has 2 rings (SSSR count). The molecule has 1 saturated heterocycles. The molecule has 2 atom stereocenters. The lowest BCUT2D eigenvalue weighted by Crippen LogP contribution is -2.20. The maximum Gasteiger partial charge on any atom is 0.233 e. The fraction of sp³-hybridized carbons (Fsp3) is 0.385. The SMILES string of the molecule is CC1(C)O[C@@H](/C=C/[N+](=O)[O-])[C@H](c2ccccc2)O1. The highest BCUT2D eigenvalue weighted by Gasteiger charge is 2.41. The van der Waals surface area contributed by atoms with Gasteiger partial charge < -0.3 is 9.47 Å². The number of benzene rings is 1. The monoisotopic (exact) mass is 249 g/mol. The molecule has 0 aromatic heterocycles. The van der Waals surface area contributed by atoms with Gasteiger partial charge in [0.15, 0.2) is 5.79 Å². The van der Waals surface area contributed by atoms with Crippen LogP contribution >= 0.6 is 0 Å².